The number of benzene rings is 1. The Morgan fingerprint density at radius 2 is 2.00 bits per heavy atom. The van der Waals surface area contributed by atoms with E-state index in [0.29, 0.717) is 5.56 Å². The van der Waals surface area contributed by atoms with Gasteiger partial charge in [-0.3, -0.25) is 4.79 Å². The zero-order valence-electron chi connectivity index (χ0n) is 7.23. The first kappa shape index (κ1) is 9.38. The normalized spacial score (nSPS) is 11.8. The van der Waals surface area contributed by atoms with E-state index in [9.17, 15) is 9.70 Å². The quantitative estimate of drug-likeness (QED) is 0.708. The Balaban J connectivity index is 2.91. The zero-order chi connectivity index (χ0) is 9.68. The summed E-state index contributed by atoms with van der Waals surface area (Å²) in [5.74, 6) is -0.388. The van der Waals surface area contributed by atoms with Crippen molar-refractivity contribution in [1.29, 1.82) is 0 Å². The molecule has 68 valence electrons. The minimum Gasteiger partial charge on any atom is -0.357 e. The van der Waals surface area contributed by atoms with E-state index in [-0.39, 0.29) is 5.91 Å². The standard InChI is InChI=1S/C9H10N2O2/c1-10-9(12)8(11-13)7-5-3-2-4-6-7/h2-6,8H,1H3,(H,10,12). The third-order valence-corrected chi connectivity index (χ3v) is 1.72. The summed E-state index contributed by atoms with van der Waals surface area (Å²) >= 11 is 0. The average molecular weight is 178 g/mol. The minimum atomic E-state index is -0.939. The van der Waals surface area contributed by atoms with Gasteiger partial charge in [-0.25, -0.2) is 0 Å². The van der Waals surface area contributed by atoms with E-state index < -0.39 is 6.04 Å². The third kappa shape index (κ3) is 2.11. The lowest BCUT2D eigenvalue weighted by molar-refractivity contribution is -0.121. The number of carbonyl (C=O) groups excluding carboxylic acids is 1. The van der Waals surface area contributed by atoms with Crippen LogP contribution >= 0.6 is 0 Å². The molecule has 1 atom stereocenters. The van der Waals surface area contributed by atoms with E-state index >= 15 is 0 Å². The number of likely N-dealkylation sites (N-methyl/N-ethyl adjacent to an activating group) is 1. The maximum atomic E-state index is 11.1. The van der Waals surface area contributed by atoms with Gasteiger partial charge in [-0.2, -0.15) is 0 Å². The van der Waals surface area contributed by atoms with Gasteiger partial charge in [-0.15, -0.1) is 4.91 Å². The average Bonchev–Trinajstić information content (AvgIpc) is 2.20. The van der Waals surface area contributed by atoms with Crippen molar-refractivity contribution < 1.29 is 4.79 Å². The van der Waals surface area contributed by atoms with Crippen LogP contribution in [0, 0.1) is 4.91 Å². The number of nitrogens with zero attached hydrogens (tertiary/aromatic N) is 1. The number of amides is 1. The Morgan fingerprint density at radius 3 is 2.46 bits per heavy atom. The van der Waals surface area contributed by atoms with Gasteiger partial charge in [0.15, 0.2) is 6.04 Å². The second kappa shape index (κ2) is 4.35. The molecule has 0 saturated heterocycles. The van der Waals surface area contributed by atoms with Gasteiger partial charge >= 0.3 is 0 Å². The van der Waals surface area contributed by atoms with Gasteiger partial charge in [0.1, 0.15) is 0 Å². The Labute approximate surface area is 75.9 Å². The molecule has 0 fully saturated rings. The molecule has 0 heterocycles. The van der Waals surface area contributed by atoms with E-state index in [2.05, 4.69) is 10.5 Å². The zero-order valence-corrected chi connectivity index (χ0v) is 7.23. The molecule has 0 aromatic heterocycles. The van der Waals surface area contributed by atoms with Crippen LogP contribution in [0.1, 0.15) is 11.6 Å². The van der Waals surface area contributed by atoms with Crippen LogP contribution in [-0.2, 0) is 4.79 Å². The first-order valence-electron chi connectivity index (χ1n) is 3.88. The number of rotatable bonds is 3. The monoisotopic (exact) mass is 178 g/mol. The van der Waals surface area contributed by atoms with Crippen LogP contribution in [-0.4, -0.2) is 13.0 Å². The molecule has 13 heavy (non-hydrogen) atoms. The summed E-state index contributed by atoms with van der Waals surface area (Å²) < 4.78 is 0. The molecule has 1 aromatic rings. The maximum absolute atomic E-state index is 11.1. The molecule has 4 heteroatoms. The fraction of sp³-hybridized carbons (Fsp3) is 0.222. The topological polar surface area (TPSA) is 58.5 Å². The van der Waals surface area contributed by atoms with Crippen molar-refractivity contribution in [3.05, 3.63) is 40.8 Å². The highest BCUT2D eigenvalue weighted by molar-refractivity contribution is 5.82. The van der Waals surface area contributed by atoms with Crippen molar-refractivity contribution in [3.8, 4) is 0 Å². The van der Waals surface area contributed by atoms with Crippen molar-refractivity contribution in [3.63, 3.8) is 0 Å². The number of hydrogen-bond donors (Lipinski definition) is 1. The van der Waals surface area contributed by atoms with Crippen molar-refractivity contribution >= 4 is 5.91 Å². The Kier molecular flexibility index (Phi) is 3.14. The highest BCUT2D eigenvalue weighted by Crippen LogP contribution is 2.16. The van der Waals surface area contributed by atoms with E-state index in [1.807, 2.05) is 6.07 Å². The van der Waals surface area contributed by atoms with Crippen molar-refractivity contribution in [2.24, 2.45) is 5.18 Å². The summed E-state index contributed by atoms with van der Waals surface area (Å²) in [6.07, 6.45) is 0. The van der Waals surface area contributed by atoms with Crippen LogP contribution < -0.4 is 5.32 Å². The summed E-state index contributed by atoms with van der Waals surface area (Å²) in [6.45, 7) is 0. The minimum absolute atomic E-state index is 0.388. The van der Waals surface area contributed by atoms with E-state index in [1.165, 1.54) is 7.05 Å². The molecule has 4 nitrogen and oxygen atoms in total. The molecule has 0 saturated carbocycles. The van der Waals surface area contributed by atoms with E-state index in [1.54, 1.807) is 24.3 Å². The van der Waals surface area contributed by atoms with Crippen LogP contribution in [0.4, 0.5) is 0 Å². The number of nitrogens with one attached hydrogen (secondary N) is 1. The Morgan fingerprint density at radius 1 is 1.38 bits per heavy atom. The van der Waals surface area contributed by atoms with Crippen LogP contribution in [0.3, 0.4) is 0 Å². The summed E-state index contributed by atoms with van der Waals surface area (Å²) in [5.41, 5.74) is 0.608. The molecule has 0 aliphatic heterocycles. The molecule has 1 rings (SSSR count). The van der Waals surface area contributed by atoms with Gasteiger partial charge in [-0.1, -0.05) is 35.5 Å². The van der Waals surface area contributed by atoms with Gasteiger partial charge in [0.25, 0.3) is 5.91 Å². The first-order valence-corrected chi connectivity index (χ1v) is 3.88. The van der Waals surface area contributed by atoms with Crippen molar-refractivity contribution in [2.45, 2.75) is 6.04 Å². The highest BCUT2D eigenvalue weighted by Gasteiger charge is 2.19. The highest BCUT2D eigenvalue weighted by atomic mass is 16.3. The molecular formula is C9H10N2O2. The molecule has 1 unspecified atom stereocenters. The molecular weight excluding hydrogens is 168 g/mol. The Hall–Kier alpha value is -1.71. The van der Waals surface area contributed by atoms with Crippen molar-refractivity contribution in [2.75, 3.05) is 7.05 Å². The lowest BCUT2D eigenvalue weighted by Crippen LogP contribution is -2.24. The van der Waals surface area contributed by atoms with Gasteiger partial charge < -0.3 is 5.32 Å². The van der Waals surface area contributed by atoms with Crippen LogP contribution in [0.5, 0.6) is 0 Å². The molecule has 1 N–H and O–H groups in total. The largest absolute Gasteiger partial charge is 0.357 e. The van der Waals surface area contributed by atoms with Crippen LogP contribution in [0.15, 0.2) is 35.5 Å². The lowest BCUT2D eigenvalue weighted by Gasteiger charge is -2.06. The van der Waals surface area contributed by atoms with E-state index in [4.69, 9.17) is 0 Å². The van der Waals surface area contributed by atoms with Gasteiger partial charge in [-0.05, 0) is 5.56 Å². The molecule has 0 radical (unpaired) electrons. The predicted octanol–water partition coefficient (Wildman–Crippen LogP) is 1.24. The van der Waals surface area contributed by atoms with Crippen LogP contribution in [0.25, 0.3) is 0 Å². The second-order valence-electron chi connectivity index (χ2n) is 2.53. The number of hydrogen-bond acceptors (Lipinski definition) is 3. The summed E-state index contributed by atoms with van der Waals surface area (Å²) in [4.78, 5) is 21.5. The third-order valence-electron chi connectivity index (χ3n) is 1.72. The molecule has 1 aromatic carbocycles. The first-order chi connectivity index (χ1) is 6.29. The van der Waals surface area contributed by atoms with E-state index in [0.717, 1.165) is 0 Å². The summed E-state index contributed by atoms with van der Waals surface area (Å²) in [5, 5.41) is 5.15. The van der Waals surface area contributed by atoms with Gasteiger partial charge in [0.2, 0.25) is 0 Å². The SMILES string of the molecule is CNC(=O)C(N=O)c1ccccc1. The molecule has 1 amide bonds. The fourth-order valence-electron chi connectivity index (χ4n) is 1.03. The van der Waals surface area contributed by atoms with Gasteiger partial charge in [0, 0.05) is 7.05 Å². The molecule has 0 aliphatic carbocycles. The lowest BCUT2D eigenvalue weighted by atomic mass is 10.1. The second-order valence-corrected chi connectivity index (χ2v) is 2.53. The molecule has 0 spiro atoms. The summed E-state index contributed by atoms with van der Waals surface area (Å²) in [7, 11) is 1.48. The van der Waals surface area contributed by atoms with Crippen molar-refractivity contribution in [1.82, 2.24) is 5.32 Å². The number of nitroso groups, excluding NO2 is 1. The molecule has 0 bridgehead atoms. The predicted molar refractivity (Wildman–Crippen MR) is 49.0 cm³/mol. The van der Waals surface area contributed by atoms with Gasteiger partial charge in [0.05, 0.1) is 0 Å². The fourth-order valence-corrected chi connectivity index (χ4v) is 1.03. The smallest absolute Gasteiger partial charge is 0.252 e. The molecule has 0 aliphatic rings. The maximum Gasteiger partial charge on any atom is 0.252 e. The Bertz CT molecular complexity index is 298. The summed E-state index contributed by atoms with van der Waals surface area (Å²) in [6, 6.07) is 7.79. The van der Waals surface area contributed by atoms with Crippen LogP contribution in [0.2, 0.25) is 0 Å². The number of carbonyl (C=O) groups is 1.